The van der Waals surface area contributed by atoms with E-state index in [1.54, 1.807) is 0 Å². The molecule has 0 heterocycles. The number of quaternary nitrogens is 1. The Morgan fingerprint density at radius 2 is 0.902 bits per heavy atom. The summed E-state index contributed by atoms with van der Waals surface area (Å²) in [5.74, 6) is -0.312. The molecule has 0 aromatic heterocycles. The molecule has 0 aliphatic carbocycles. The molecule has 0 aliphatic rings. The fourth-order valence-electron chi connectivity index (χ4n) is 7.21. The molecule has 0 rings (SSSR count). The molecule has 1 N–H and O–H groups in total. The smallest absolute Gasteiger partial charge is 0.457 e. The number of carbonyl (C=O) groups excluding carboxylic acids is 1. The summed E-state index contributed by atoms with van der Waals surface area (Å²) in [4.78, 5) is 22.9. The minimum Gasteiger partial charge on any atom is -0.457 e. The van der Waals surface area contributed by atoms with Crippen molar-refractivity contribution in [3.63, 3.8) is 0 Å². The summed E-state index contributed by atoms with van der Waals surface area (Å²) in [6.07, 6.45) is 54.8. The molecule has 0 aromatic carbocycles. The first-order chi connectivity index (χ1) is 29.6. The number of esters is 1. The zero-order valence-electron chi connectivity index (χ0n) is 40.9. The van der Waals surface area contributed by atoms with Crippen LogP contribution < -0.4 is 0 Å². The lowest BCUT2D eigenvalue weighted by atomic mass is 10.0. The highest BCUT2D eigenvalue weighted by Gasteiger charge is 2.26. The van der Waals surface area contributed by atoms with Crippen molar-refractivity contribution in [3.05, 3.63) is 36.5 Å². The molecular formula is C52H101NO7P+. The van der Waals surface area contributed by atoms with E-state index in [0.29, 0.717) is 24.1 Å². The Balaban J connectivity index is 4.06. The number of phosphoric acid groups is 1. The average molecular weight is 883 g/mol. The molecule has 0 spiro atoms. The fourth-order valence-corrected chi connectivity index (χ4v) is 7.95. The van der Waals surface area contributed by atoms with Gasteiger partial charge < -0.3 is 18.9 Å². The van der Waals surface area contributed by atoms with Crippen LogP contribution in [0.4, 0.5) is 0 Å². The number of phosphoric ester groups is 1. The van der Waals surface area contributed by atoms with E-state index in [1.165, 1.54) is 167 Å². The molecule has 0 radical (unpaired) electrons. The van der Waals surface area contributed by atoms with E-state index in [9.17, 15) is 14.3 Å². The van der Waals surface area contributed by atoms with Crippen LogP contribution in [-0.4, -0.2) is 75.6 Å². The topological polar surface area (TPSA) is 91.3 Å². The highest BCUT2D eigenvalue weighted by atomic mass is 31.2. The second-order valence-corrected chi connectivity index (χ2v) is 20.0. The maximum absolute atomic E-state index is 12.7. The van der Waals surface area contributed by atoms with Crippen molar-refractivity contribution in [1.82, 2.24) is 0 Å². The van der Waals surface area contributed by atoms with Gasteiger partial charge >= 0.3 is 13.8 Å². The average Bonchev–Trinajstić information content (AvgIpc) is 3.22. The number of carbonyl (C=O) groups is 1. The Morgan fingerprint density at radius 3 is 1.34 bits per heavy atom. The van der Waals surface area contributed by atoms with Crippen molar-refractivity contribution in [2.75, 3.05) is 54.1 Å². The Kier molecular flexibility index (Phi) is 44.3. The van der Waals surface area contributed by atoms with Crippen molar-refractivity contribution < 1.29 is 37.3 Å². The fraction of sp³-hybridized carbons (Fsp3) is 0.865. The Hall–Kier alpha value is -1.28. The number of hydrogen-bond acceptors (Lipinski definition) is 6. The molecule has 2 atom stereocenters. The summed E-state index contributed by atoms with van der Waals surface area (Å²) in [6.45, 7) is 5.63. The van der Waals surface area contributed by atoms with E-state index < -0.39 is 13.9 Å². The normalized spacial score (nSPS) is 13.9. The monoisotopic (exact) mass is 883 g/mol. The van der Waals surface area contributed by atoms with E-state index in [0.717, 1.165) is 44.9 Å². The number of unbranched alkanes of at least 4 members (excludes halogenated alkanes) is 28. The van der Waals surface area contributed by atoms with Gasteiger partial charge in [-0.25, -0.2) is 4.57 Å². The lowest BCUT2D eigenvalue weighted by Crippen LogP contribution is -2.37. The predicted molar refractivity (Wildman–Crippen MR) is 261 cm³/mol. The molecular weight excluding hydrogens is 782 g/mol. The van der Waals surface area contributed by atoms with Crippen LogP contribution in [0, 0.1) is 0 Å². The van der Waals surface area contributed by atoms with Crippen LogP contribution in [0.5, 0.6) is 0 Å². The lowest BCUT2D eigenvalue weighted by Gasteiger charge is -2.24. The van der Waals surface area contributed by atoms with E-state index in [2.05, 4.69) is 50.3 Å². The summed E-state index contributed by atoms with van der Waals surface area (Å²) in [7, 11) is 1.67. The zero-order valence-corrected chi connectivity index (χ0v) is 41.8. The first-order valence-corrected chi connectivity index (χ1v) is 27.2. The van der Waals surface area contributed by atoms with Gasteiger partial charge in [-0.2, -0.15) is 0 Å². The minimum absolute atomic E-state index is 0.0894. The van der Waals surface area contributed by atoms with E-state index in [4.69, 9.17) is 18.5 Å². The largest absolute Gasteiger partial charge is 0.472 e. The van der Waals surface area contributed by atoms with Crippen molar-refractivity contribution in [3.8, 4) is 0 Å². The van der Waals surface area contributed by atoms with Gasteiger partial charge in [0.25, 0.3) is 0 Å². The third-order valence-electron chi connectivity index (χ3n) is 11.2. The molecule has 360 valence electrons. The molecule has 0 aromatic rings. The van der Waals surface area contributed by atoms with Gasteiger partial charge in [0.15, 0.2) is 0 Å². The molecule has 61 heavy (non-hydrogen) atoms. The molecule has 0 aliphatic heterocycles. The third-order valence-corrected chi connectivity index (χ3v) is 12.2. The minimum atomic E-state index is -4.28. The van der Waals surface area contributed by atoms with E-state index in [1.807, 2.05) is 21.1 Å². The van der Waals surface area contributed by atoms with Gasteiger partial charge in [0.2, 0.25) is 0 Å². The van der Waals surface area contributed by atoms with Crippen LogP contribution in [0.1, 0.15) is 232 Å². The first-order valence-electron chi connectivity index (χ1n) is 25.7. The lowest BCUT2D eigenvalue weighted by molar-refractivity contribution is -0.870. The van der Waals surface area contributed by atoms with Crippen molar-refractivity contribution in [2.24, 2.45) is 0 Å². The number of likely N-dealkylation sites (N-methyl/N-ethyl adjacent to an activating group) is 1. The van der Waals surface area contributed by atoms with Crippen LogP contribution in [0.3, 0.4) is 0 Å². The maximum atomic E-state index is 12.7. The Labute approximate surface area is 378 Å². The summed E-state index contributed by atoms with van der Waals surface area (Å²) in [6, 6.07) is 0. The van der Waals surface area contributed by atoms with Gasteiger partial charge in [-0.05, 0) is 51.4 Å². The summed E-state index contributed by atoms with van der Waals surface area (Å²) in [5.41, 5.74) is 0. The standard InChI is InChI=1S/C52H100NO7P/c1-6-8-10-12-14-16-18-20-21-22-23-24-25-26-27-28-29-30-31-32-34-36-38-40-42-44-47-57-49-51(50-59-61(55,56)58-48-46-53(3,4)5)60-52(54)45-43-41-39-37-35-33-19-17-15-13-11-9-7-2/h18,20,22-23,25-26,51H,6-17,19,21,24,27-50H2,1-5H3/p+1/b20-18-,23-22-,26-25-. The number of ether oxygens (including phenoxy) is 2. The Morgan fingerprint density at radius 1 is 0.508 bits per heavy atom. The molecule has 0 bridgehead atoms. The third kappa shape index (κ3) is 49.6. The van der Waals surface area contributed by atoms with Gasteiger partial charge in [0.05, 0.1) is 34.4 Å². The van der Waals surface area contributed by atoms with Gasteiger partial charge in [-0.1, -0.05) is 211 Å². The van der Waals surface area contributed by atoms with Crippen molar-refractivity contribution in [2.45, 2.75) is 238 Å². The van der Waals surface area contributed by atoms with Crippen LogP contribution >= 0.6 is 7.82 Å². The quantitative estimate of drug-likeness (QED) is 0.0214. The molecule has 2 unspecified atom stereocenters. The first kappa shape index (κ1) is 59.7. The second-order valence-electron chi connectivity index (χ2n) is 18.6. The van der Waals surface area contributed by atoms with Gasteiger partial charge in [0, 0.05) is 13.0 Å². The highest BCUT2D eigenvalue weighted by molar-refractivity contribution is 7.47. The molecule has 0 saturated heterocycles. The summed E-state index contributed by atoms with van der Waals surface area (Å²) < 4.78 is 35.1. The van der Waals surface area contributed by atoms with Gasteiger partial charge in [-0.3, -0.25) is 13.8 Å². The molecule has 0 saturated carbocycles. The van der Waals surface area contributed by atoms with E-state index in [-0.39, 0.29) is 25.8 Å². The molecule has 0 amide bonds. The van der Waals surface area contributed by atoms with E-state index >= 15 is 0 Å². The summed E-state index contributed by atoms with van der Waals surface area (Å²) >= 11 is 0. The van der Waals surface area contributed by atoms with Gasteiger partial charge in [-0.15, -0.1) is 0 Å². The molecule has 9 heteroatoms. The number of hydrogen-bond donors (Lipinski definition) is 1. The zero-order chi connectivity index (χ0) is 44.8. The number of rotatable bonds is 48. The van der Waals surface area contributed by atoms with Crippen LogP contribution in [0.15, 0.2) is 36.5 Å². The van der Waals surface area contributed by atoms with Crippen molar-refractivity contribution in [1.29, 1.82) is 0 Å². The van der Waals surface area contributed by atoms with Gasteiger partial charge in [0.1, 0.15) is 19.3 Å². The van der Waals surface area contributed by atoms with Crippen molar-refractivity contribution >= 4 is 13.8 Å². The number of nitrogens with zero attached hydrogens (tertiary/aromatic N) is 1. The SMILES string of the molecule is CCCCCCC/C=C\C/C=C\C/C=C\CCCCCCCCCCCCCOCC(COP(=O)(O)OCC[N+](C)(C)C)OC(=O)CCCCCCCCCCCCCCC. The maximum Gasteiger partial charge on any atom is 0.472 e. The number of allylic oxidation sites excluding steroid dienone is 6. The molecule has 0 fully saturated rings. The second kappa shape index (κ2) is 45.3. The highest BCUT2D eigenvalue weighted by Crippen LogP contribution is 2.43. The van der Waals surface area contributed by atoms with Crippen LogP contribution in [0.25, 0.3) is 0 Å². The summed E-state index contributed by atoms with van der Waals surface area (Å²) in [5, 5.41) is 0. The Bertz CT molecular complexity index is 1070. The molecule has 8 nitrogen and oxygen atoms in total. The van der Waals surface area contributed by atoms with Crippen LogP contribution in [-0.2, 0) is 27.9 Å². The van der Waals surface area contributed by atoms with Crippen LogP contribution in [0.2, 0.25) is 0 Å². The predicted octanol–water partition coefficient (Wildman–Crippen LogP) is 15.7.